The molecule has 0 radical (unpaired) electrons. The van der Waals surface area contributed by atoms with Crippen molar-refractivity contribution in [2.45, 2.75) is 18.2 Å². The van der Waals surface area contributed by atoms with Gasteiger partial charge in [-0.3, -0.25) is 4.90 Å². The van der Waals surface area contributed by atoms with Gasteiger partial charge < -0.3 is 4.74 Å². The molecule has 1 heterocycles. The molecule has 2 nitrogen and oxygen atoms in total. The monoisotopic (exact) mass is 473 g/mol. The Labute approximate surface area is 205 Å². The van der Waals surface area contributed by atoms with Crippen molar-refractivity contribution in [1.29, 1.82) is 0 Å². The summed E-state index contributed by atoms with van der Waals surface area (Å²) >= 11 is 12.3. The number of ether oxygens (including phenoxy) is 1. The zero-order valence-corrected chi connectivity index (χ0v) is 19.7. The van der Waals surface area contributed by atoms with Gasteiger partial charge in [0.1, 0.15) is 6.10 Å². The van der Waals surface area contributed by atoms with E-state index in [1.165, 1.54) is 11.1 Å². The number of hydrogen-bond acceptors (Lipinski definition) is 2. The van der Waals surface area contributed by atoms with Crippen molar-refractivity contribution in [3.63, 3.8) is 0 Å². The van der Waals surface area contributed by atoms with Crippen molar-refractivity contribution in [3.05, 3.63) is 141 Å². The minimum Gasteiger partial charge on any atom is -0.363 e. The van der Waals surface area contributed by atoms with E-state index in [1.807, 2.05) is 48.5 Å². The Kier molecular flexibility index (Phi) is 6.80. The summed E-state index contributed by atoms with van der Waals surface area (Å²) in [7, 11) is 0. The zero-order chi connectivity index (χ0) is 22.6. The average molecular weight is 474 g/mol. The number of halogens is 2. The van der Waals surface area contributed by atoms with Gasteiger partial charge in [-0.15, -0.1) is 0 Å². The van der Waals surface area contributed by atoms with Crippen LogP contribution in [0.1, 0.15) is 34.4 Å². The van der Waals surface area contributed by atoms with Gasteiger partial charge >= 0.3 is 0 Å². The molecule has 0 atom stereocenters. The number of hydrogen-bond donors (Lipinski definition) is 0. The van der Waals surface area contributed by atoms with Crippen LogP contribution in [0.15, 0.2) is 109 Å². The fourth-order valence-corrected chi connectivity index (χ4v) is 4.72. The Bertz CT molecular complexity index is 1070. The molecule has 0 aliphatic carbocycles. The van der Waals surface area contributed by atoms with Crippen LogP contribution in [0.3, 0.4) is 0 Å². The molecule has 4 heteroatoms. The highest BCUT2D eigenvalue weighted by molar-refractivity contribution is 6.30. The Balaban J connectivity index is 1.36. The predicted octanol–water partition coefficient (Wildman–Crippen LogP) is 7.57. The molecule has 4 aromatic carbocycles. The molecule has 0 unspecified atom stereocenters. The molecule has 33 heavy (non-hydrogen) atoms. The lowest BCUT2D eigenvalue weighted by atomic mass is 9.93. The maximum Gasteiger partial charge on any atom is 0.108 e. The number of likely N-dealkylation sites (tertiary alicyclic amines) is 1. The molecule has 0 spiro atoms. The van der Waals surface area contributed by atoms with Gasteiger partial charge in [0.05, 0.1) is 12.1 Å². The molecule has 166 valence electrons. The number of rotatable bonds is 7. The van der Waals surface area contributed by atoms with Gasteiger partial charge in [-0.05, 0) is 46.5 Å². The standard InChI is InChI=1S/C29H25Cl2NO/c30-25-15-11-23(12-16-25)29(24-13-17-26(31)18-14-24)33-27-19-32(20-27)28(21-7-3-1-4-8-21)22-9-5-2-6-10-22/h1-18,27-29H,19-20H2. The summed E-state index contributed by atoms with van der Waals surface area (Å²) < 4.78 is 6.66. The summed E-state index contributed by atoms with van der Waals surface area (Å²) in [5.41, 5.74) is 4.77. The third kappa shape index (κ3) is 5.15. The van der Waals surface area contributed by atoms with E-state index in [-0.39, 0.29) is 18.2 Å². The molecule has 4 aromatic rings. The van der Waals surface area contributed by atoms with Crippen LogP contribution in [0.2, 0.25) is 10.0 Å². The van der Waals surface area contributed by atoms with Crippen LogP contribution in [0, 0.1) is 0 Å². The molecule has 1 fully saturated rings. The zero-order valence-electron chi connectivity index (χ0n) is 18.1. The van der Waals surface area contributed by atoms with Crippen molar-refractivity contribution in [2.75, 3.05) is 13.1 Å². The molecule has 0 amide bonds. The van der Waals surface area contributed by atoms with Crippen molar-refractivity contribution in [1.82, 2.24) is 4.90 Å². The Morgan fingerprint density at radius 1 is 0.576 bits per heavy atom. The normalized spacial score (nSPS) is 14.5. The number of nitrogens with zero attached hydrogens (tertiary/aromatic N) is 1. The highest BCUT2D eigenvalue weighted by Gasteiger charge is 2.36. The summed E-state index contributed by atoms with van der Waals surface area (Å²) in [5.74, 6) is 0. The van der Waals surface area contributed by atoms with Crippen molar-refractivity contribution in [3.8, 4) is 0 Å². The third-order valence-corrected chi connectivity index (χ3v) is 6.65. The first-order valence-corrected chi connectivity index (χ1v) is 11.9. The van der Waals surface area contributed by atoms with Crippen LogP contribution < -0.4 is 0 Å². The second-order valence-corrected chi connectivity index (χ2v) is 9.29. The van der Waals surface area contributed by atoms with Gasteiger partial charge in [-0.25, -0.2) is 0 Å². The quantitative estimate of drug-likeness (QED) is 0.274. The molecule has 1 saturated heterocycles. The highest BCUT2D eigenvalue weighted by Crippen LogP contribution is 2.36. The first kappa shape index (κ1) is 22.2. The maximum absolute atomic E-state index is 6.66. The lowest BCUT2D eigenvalue weighted by Crippen LogP contribution is -2.54. The Morgan fingerprint density at radius 2 is 1.00 bits per heavy atom. The van der Waals surface area contributed by atoms with Crippen LogP contribution in [0.5, 0.6) is 0 Å². The molecule has 0 saturated carbocycles. The van der Waals surface area contributed by atoms with Gasteiger partial charge in [0.25, 0.3) is 0 Å². The van der Waals surface area contributed by atoms with E-state index < -0.39 is 0 Å². The van der Waals surface area contributed by atoms with E-state index >= 15 is 0 Å². The molecular formula is C29H25Cl2NO. The van der Waals surface area contributed by atoms with E-state index in [9.17, 15) is 0 Å². The summed E-state index contributed by atoms with van der Waals surface area (Å²) in [6.45, 7) is 1.73. The van der Waals surface area contributed by atoms with Gasteiger partial charge in [-0.2, -0.15) is 0 Å². The summed E-state index contributed by atoms with van der Waals surface area (Å²) in [6.07, 6.45) is -0.0325. The lowest BCUT2D eigenvalue weighted by molar-refractivity contribution is -0.0910. The van der Waals surface area contributed by atoms with Gasteiger partial charge in [0.2, 0.25) is 0 Å². The molecule has 1 aliphatic heterocycles. The van der Waals surface area contributed by atoms with E-state index in [0.717, 1.165) is 34.3 Å². The largest absolute Gasteiger partial charge is 0.363 e. The first-order chi connectivity index (χ1) is 16.2. The highest BCUT2D eigenvalue weighted by atomic mass is 35.5. The van der Waals surface area contributed by atoms with E-state index in [1.54, 1.807) is 0 Å². The fourth-order valence-electron chi connectivity index (χ4n) is 4.47. The maximum atomic E-state index is 6.66. The predicted molar refractivity (Wildman–Crippen MR) is 136 cm³/mol. The minimum atomic E-state index is -0.168. The second-order valence-electron chi connectivity index (χ2n) is 8.42. The Hall–Kier alpha value is -2.62. The van der Waals surface area contributed by atoms with E-state index in [2.05, 4.69) is 65.6 Å². The summed E-state index contributed by atoms with van der Waals surface area (Å²) in [4.78, 5) is 2.48. The lowest BCUT2D eigenvalue weighted by Gasteiger charge is -2.45. The van der Waals surface area contributed by atoms with Crippen molar-refractivity contribution >= 4 is 23.2 Å². The van der Waals surface area contributed by atoms with E-state index in [0.29, 0.717) is 0 Å². The summed E-state index contributed by atoms with van der Waals surface area (Å²) in [5, 5.41) is 1.44. The van der Waals surface area contributed by atoms with Crippen LogP contribution in [0.4, 0.5) is 0 Å². The molecule has 5 rings (SSSR count). The summed E-state index contributed by atoms with van der Waals surface area (Å²) in [6, 6.07) is 37.4. The van der Waals surface area contributed by atoms with Crippen LogP contribution in [-0.4, -0.2) is 24.1 Å². The van der Waals surface area contributed by atoms with Gasteiger partial charge in [-0.1, -0.05) is 108 Å². The van der Waals surface area contributed by atoms with Gasteiger partial charge in [0, 0.05) is 23.1 Å². The van der Waals surface area contributed by atoms with Crippen LogP contribution >= 0.6 is 23.2 Å². The van der Waals surface area contributed by atoms with Gasteiger partial charge in [0.15, 0.2) is 0 Å². The van der Waals surface area contributed by atoms with Crippen molar-refractivity contribution < 1.29 is 4.74 Å². The topological polar surface area (TPSA) is 12.5 Å². The average Bonchev–Trinajstić information content (AvgIpc) is 2.83. The van der Waals surface area contributed by atoms with Crippen molar-refractivity contribution in [2.24, 2.45) is 0 Å². The molecular weight excluding hydrogens is 449 g/mol. The van der Waals surface area contributed by atoms with Crippen LogP contribution in [0.25, 0.3) is 0 Å². The minimum absolute atomic E-state index is 0.135. The molecule has 1 aliphatic rings. The third-order valence-electron chi connectivity index (χ3n) is 6.15. The van der Waals surface area contributed by atoms with E-state index in [4.69, 9.17) is 27.9 Å². The molecule has 0 N–H and O–H groups in total. The first-order valence-electron chi connectivity index (χ1n) is 11.2. The Morgan fingerprint density at radius 3 is 1.42 bits per heavy atom. The fraction of sp³-hybridized carbons (Fsp3) is 0.172. The SMILES string of the molecule is Clc1ccc(C(OC2CN(C(c3ccccc3)c3ccccc3)C2)c2ccc(Cl)cc2)cc1. The second kappa shape index (κ2) is 10.1. The van der Waals surface area contributed by atoms with Crippen LogP contribution in [-0.2, 0) is 4.74 Å². The number of benzene rings is 4. The smallest absolute Gasteiger partial charge is 0.108 e. The molecule has 0 aromatic heterocycles. The molecule has 0 bridgehead atoms.